The molecule has 3 aromatic rings. The van der Waals surface area contributed by atoms with Gasteiger partial charge in [-0.3, -0.25) is 14.5 Å². The van der Waals surface area contributed by atoms with Crippen molar-refractivity contribution in [2.45, 2.75) is 19.8 Å². The van der Waals surface area contributed by atoms with Crippen LogP contribution in [0.3, 0.4) is 0 Å². The van der Waals surface area contributed by atoms with E-state index in [1.165, 1.54) is 0 Å². The summed E-state index contributed by atoms with van der Waals surface area (Å²) in [5.74, 6) is 1.14. The lowest BCUT2D eigenvalue weighted by atomic mass is 10.2. The first kappa shape index (κ1) is 21.1. The van der Waals surface area contributed by atoms with Gasteiger partial charge in [-0.1, -0.05) is 25.1 Å². The highest BCUT2D eigenvalue weighted by molar-refractivity contribution is 5.94. The molecule has 0 spiro atoms. The molecule has 1 fully saturated rings. The van der Waals surface area contributed by atoms with Crippen molar-refractivity contribution in [3.63, 3.8) is 0 Å². The minimum absolute atomic E-state index is 0.000364. The number of aromatic nitrogens is 2. The number of carbonyl (C=O) groups excluding carboxylic acids is 2. The molecular weight excluding hydrogens is 390 g/mol. The van der Waals surface area contributed by atoms with Crippen LogP contribution in [0.2, 0.25) is 0 Å². The van der Waals surface area contributed by atoms with Gasteiger partial charge >= 0.3 is 0 Å². The van der Waals surface area contributed by atoms with Crippen LogP contribution in [-0.2, 0) is 18.3 Å². The average molecular weight is 420 g/mol. The molecule has 1 saturated heterocycles. The molecule has 2 heterocycles. The molecule has 1 aliphatic heterocycles. The number of hydrogen-bond donors (Lipinski definition) is 1. The van der Waals surface area contributed by atoms with E-state index in [2.05, 4.69) is 14.8 Å². The molecule has 7 heteroatoms. The molecule has 2 amide bonds. The second kappa shape index (κ2) is 9.31. The molecule has 1 aromatic heterocycles. The van der Waals surface area contributed by atoms with Gasteiger partial charge in [-0.05, 0) is 30.3 Å². The van der Waals surface area contributed by atoms with Crippen LogP contribution in [0.15, 0.2) is 48.5 Å². The van der Waals surface area contributed by atoms with Crippen molar-refractivity contribution in [1.29, 1.82) is 0 Å². The number of anilines is 1. The summed E-state index contributed by atoms with van der Waals surface area (Å²) in [6, 6.07) is 15.3. The van der Waals surface area contributed by atoms with E-state index in [0.29, 0.717) is 6.42 Å². The third kappa shape index (κ3) is 4.77. The third-order valence-corrected chi connectivity index (χ3v) is 5.91. The quantitative estimate of drug-likeness (QED) is 0.667. The molecule has 0 aliphatic carbocycles. The van der Waals surface area contributed by atoms with Gasteiger partial charge in [0.15, 0.2) is 0 Å². The summed E-state index contributed by atoms with van der Waals surface area (Å²) in [5, 5.41) is 2.89. The second-order valence-corrected chi connectivity index (χ2v) is 7.94. The smallest absolute Gasteiger partial charge is 0.253 e. The SMILES string of the molecule is CCC(=O)Nc1ccc2c(c1)nc(CCN1CCN(C(=O)c3ccccc3)CC1)n2C. The van der Waals surface area contributed by atoms with Gasteiger partial charge in [0.25, 0.3) is 5.91 Å². The van der Waals surface area contributed by atoms with Crippen molar-refractivity contribution in [2.75, 3.05) is 38.0 Å². The van der Waals surface area contributed by atoms with Crippen molar-refractivity contribution in [2.24, 2.45) is 7.05 Å². The van der Waals surface area contributed by atoms with E-state index in [0.717, 1.165) is 67.3 Å². The highest BCUT2D eigenvalue weighted by atomic mass is 16.2. The van der Waals surface area contributed by atoms with Gasteiger partial charge in [0.05, 0.1) is 11.0 Å². The first-order valence-electron chi connectivity index (χ1n) is 10.9. The van der Waals surface area contributed by atoms with Crippen LogP contribution in [0.5, 0.6) is 0 Å². The molecule has 0 atom stereocenters. The maximum Gasteiger partial charge on any atom is 0.253 e. The van der Waals surface area contributed by atoms with Crippen LogP contribution in [0.4, 0.5) is 5.69 Å². The lowest BCUT2D eigenvalue weighted by Gasteiger charge is -2.34. The predicted molar refractivity (Wildman–Crippen MR) is 122 cm³/mol. The normalized spacial score (nSPS) is 14.7. The summed E-state index contributed by atoms with van der Waals surface area (Å²) in [4.78, 5) is 33.4. The fourth-order valence-electron chi connectivity index (χ4n) is 4.00. The molecule has 7 nitrogen and oxygen atoms in total. The number of piperazine rings is 1. The van der Waals surface area contributed by atoms with Crippen molar-refractivity contribution in [1.82, 2.24) is 19.4 Å². The van der Waals surface area contributed by atoms with Crippen LogP contribution in [0.25, 0.3) is 11.0 Å². The molecule has 2 aromatic carbocycles. The molecule has 0 radical (unpaired) electrons. The number of nitrogens with one attached hydrogen (secondary N) is 1. The zero-order chi connectivity index (χ0) is 21.8. The third-order valence-electron chi connectivity index (χ3n) is 5.91. The molecule has 0 bridgehead atoms. The second-order valence-electron chi connectivity index (χ2n) is 7.94. The van der Waals surface area contributed by atoms with Gasteiger partial charge in [0.1, 0.15) is 5.82 Å². The minimum Gasteiger partial charge on any atom is -0.336 e. The summed E-state index contributed by atoms with van der Waals surface area (Å²) in [5.41, 5.74) is 3.49. The zero-order valence-corrected chi connectivity index (χ0v) is 18.2. The van der Waals surface area contributed by atoms with Gasteiger partial charge in [-0.15, -0.1) is 0 Å². The Hall–Kier alpha value is -3.19. The lowest BCUT2D eigenvalue weighted by molar-refractivity contribution is -0.115. The van der Waals surface area contributed by atoms with Crippen LogP contribution in [0, 0.1) is 0 Å². The number of nitrogens with zero attached hydrogens (tertiary/aromatic N) is 4. The van der Waals surface area contributed by atoms with Crippen LogP contribution in [-0.4, -0.2) is 63.9 Å². The summed E-state index contributed by atoms with van der Waals surface area (Å²) in [7, 11) is 2.03. The van der Waals surface area contributed by atoms with Crippen LogP contribution in [0.1, 0.15) is 29.5 Å². The van der Waals surface area contributed by atoms with Crippen molar-refractivity contribution < 1.29 is 9.59 Å². The van der Waals surface area contributed by atoms with E-state index in [4.69, 9.17) is 4.98 Å². The number of hydrogen-bond acceptors (Lipinski definition) is 4. The van der Waals surface area contributed by atoms with E-state index in [-0.39, 0.29) is 11.8 Å². The molecule has 0 saturated carbocycles. The number of imidazole rings is 1. The number of aryl methyl sites for hydroxylation is 1. The van der Waals surface area contributed by atoms with Crippen LogP contribution >= 0.6 is 0 Å². The molecule has 1 N–H and O–H groups in total. The maximum atomic E-state index is 12.6. The zero-order valence-electron chi connectivity index (χ0n) is 18.2. The van der Waals surface area contributed by atoms with Crippen molar-refractivity contribution in [3.8, 4) is 0 Å². The van der Waals surface area contributed by atoms with E-state index in [1.807, 2.05) is 67.4 Å². The van der Waals surface area contributed by atoms with Crippen LogP contribution < -0.4 is 5.32 Å². The number of fused-ring (bicyclic) bond motifs is 1. The number of carbonyl (C=O) groups is 2. The molecule has 4 rings (SSSR count). The van der Waals surface area contributed by atoms with Gasteiger partial charge < -0.3 is 14.8 Å². The fraction of sp³-hybridized carbons (Fsp3) is 0.375. The number of benzene rings is 2. The number of rotatable bonds is 6. The lowest BCUT2D eigenvalue weighted by Crippen LogP contribution is -2.49. The fourth-order valence-corrected chi connectivity index (χ4v) is 4.00. The Labute approximate surface area is 182 Å². The van der Waals surface area contributed by atoms with Crippen molar-refractivity contribution in [3.05, 3.63) is 59.9 Å². The van der Waals surface area contributed by atoms with Gasteiger partial charge in [0.2, 0.25) is 5.91 Å². The average Bonchev–Trinajstić information content (AvgIpc) is 3.12. The van der Waals surface area contributed by atoms with Gasteiger partial charge in [0, 0.05) is 63.9 Å². The first-order valence-corrected chi connectivity index (χ1v) is 10.9. The minimum atomic E-state index is 0.000364. The topological polar surface area (TPSA) is 70.5 Å². The Kier molecular flexibility index (Phi) is 6.32. The summed E-state index contributed by atoms with van der Waals surface area (Å²) >= 11 is 0. The Morgan fingerprint density at radius 2 is 1.77 bits per heavy atom. The first-order chi connectivity index (χ1) is 15.0. The molecule has 0 unspecified atom stereocenters. The van der Waals surface area contributed by atoms with E-state index < -0.39 is 0 Å². The number of amides is 2. The van der Waals surface area contributed by atoms with E-state index in [9.17, 15) is 9.59 Å². The molecule has 162 valence electrons. The Bertz CT molecular complexity index is 1070. The van der Waals surface area contributed by atoms with E-state index in [1.54, 1.807) is 0 Å². The monoisotopic (exact) mass is 419 g/mol. The Balaban J connectivity index is 1.34. The highest BCUT2D eigenvalue weighted by Crippen LogP contribution is 2.20. The predicted octanol–water partition coefficient (Wildman–Crippen LogP) is 2.92. The molecule has 31 heavy (non-hydrogen) atoms. The summed E-state index contributed by atoms with van der Waals surface area (Å²) in [6.07, 6.45) is 1.30. The van der Waals surface area contributed by atoms with Gasteiger partial charge in [-0.2, -0.15) is 0 Å². The molecule has 1 aliphatic rings. The Morgan fingerprint density at radius 1 is 1.03 bits per heavy atom. The summed E-state index contributed by atoms with van der Waals surface area (Å²) < 4.78 is 2.12. The largest absolute Gasteiger partial charge is 0.336 e. The maximum absolute atomic E-state index is 12.6. The standard InChI is InChI=1S/C24H29N5O2/c1-3-23(30)25-19-9-10-21-20(17-19)26-22(27(21)2)11-12-28-13-15-29(16-14-28)24(31)18-7-5-4-6-8-18/h4-10,17H,3,11-16H2,1-2H3,(H,25,30). The van der Waals surface area contributed by atoms with E-state index >= 15 is 0 Å². The van der Waals surface area contributed by atoms with Gasteiger partial charge in [-0.25, -0.2) is 4.98 Å². The summed E-state index contributed by atoms with van der Waals surface area (Å²) in [6.45, 7) is 5.98. The Morgan fingerprint density at radius 3 is 2.48 bits per heavy atom. The van der Waals surface area contributed by atoms with Crippen molar-refractivity contribution >= 4 is 28.5 Å². The molecular formula is C24H29N5O2. The highest BCUT2D eigenvalue weighted by Gasteiger charge is 2.22.